The molecule has 0 nitrogen and oxygen atoms in total. The summed E-state index contributed by atoms with van der Waals surface area (Å²) in [5.41, 5.74) is 0. The summed E-state index contributed by atoms with van der Waals surface area (Å²) in [6, 6.07) is 0. The average molecular weight is 564 g/mol. The van der Waals surface area contributed by atoms with Gasteiger partial charge in [-0.25, -0.2) is 0 Å². The van der Waals surface area contributed by atoms with Gasteiger partial charge in [0.05, 0.1) is 0 Å². The monoisotopic (exact) mass is 566 g/mol. The van der Waals surface area contributed by atoms with Gasteiger partial charge in [0.2, 0.25) is 0 Å². The first-order valence-corrected chi connectivity index (χ1v) is 0. The van der Waals surface area contributed by atoms with Crippen molar-refractivity contribution >= 4 is 75.4 Å². The summed E-state index contributed by atoms with van der Waals surface area (Å²) in [5, 5.41) is 0. The van der Waals surface area contributed by atoms with Gasteiger partial charge in [0.1, 0.15) is 0 Å². The van der Waals surface area contributed by atoms with Gasteiger partial charge in [0.15, 0.2) is 0 Å². The van der Waals surface area contributed by atoms with Crippen molar-refractivity contribution in [3.05, 3.63) is 0 Å². The van der Waals surface area contributed by atoms with Crippen molar-refractivity contribution in [3.8, 4) is 0 Å². The van der Waals surface area contributed by atoms with Crippen LogP contribution >= 0.6 is 0 Å². The molecule has 26 valence electrons. The minimum Gasteiger partial charge on any atom is 0 e. The smallest absolute Gasteiger partial charge is 0 e. The predicted octanol–water partition coefficient (Wildman–Crippen LogP) is -1.14. The SMILES string of the molecule is [Ag].[Pb].[Sb].[Te]. The van der Waals surface area contributed by atoms with E-state index in [0.717, 1.165) is 0 Å². The maximum absolute atomic E-state index is 0. The fourth-order valence-corrected chi connectivity index (χ4v) is 0. The zero-order valence-corrected chi connectivity index (χ0v) is 11.9. The van der Waals surface area contributed by atoms with Crippen LogP contribution in [0.2, 0.25) is 0 Å². The Labute approximate surface area is 95.7 Å². The number of hydrogen-bond acceptors (Lipinski definition) is 0. The Bertz CT molecular complexity index is 8.00. The molecule has 4 heteroatoms. The van der Waals surface area contributed by atoms with Crippen LogP contribution in [0.25, 0.3) is 0 Å². The first-order valence-electron chi connectivity index (χ1n) is 0. The van der Waals surface area contributed by atoms with Crippen LogP contribution < -0.4 is 0 Å². The van der Waals surface area contributed by atoms with Gasteiger partial charge in [0, 0.05) is 97.8 Å². The molecular formula is AgPbSbTe. The van der Waals surface area contributed by atoms with E-state index >= 15 is 0 Å². The van der Waals surface area contributed by atoms with Crippen molar-refractivity contribution in [2.75, 3.05) is 0 Å². The second-order valence-electron chi connectivity index (χ2n) is 0. The molecule has 0 bridgehead atoms. The molecule has 0 rings (SSSR count). The van der Waals surface area contributed by atoms with Crippen molar-refractivity contribution in [2.24, 2.45) is 0 Å². The van der Waals surface area contributed by atoms with Crippen LogP contribution in [-0.2, 0) is 22.4 Å². The summed E-state index contributed by atoms with van der Waals surface area (Å²) in [5.74, 6) is 0. The molecule has 0 saturated heterocycles. The molecule has 0 aromatic heterocycles. The molecule has 0 N–H and O–H groups in total. The summed E-state index contributed by atoms with van der Waals surface area (Å²) in [6.07, 6.45) is 0. The molecule has 0 aromatic rings. The minimum atomic E-state index is 0. The molecular weight excluding hydrogens is 564 g/mol. The predicted molar refractivity (Wildman–Crippen MR) is 17.3 cm³/mol. The summed E-state index contributed by atoms with van der Waals surface area (Å²) in [7, 11) is 0. The zero-order valence-electron chi connectivity index (χ0n) is 1.66. The average Bonchev–Trinajstić information content (AvgIpc) is 0. The van der Waals surface area contributed by atoms with E-state index in [4.69, 9.17) is 0 Å². The van der Waals surface area contributed by atoms with Gasteiger partial charge in [-0.05, 0) is 0 Å². The molecule has 0 aliphatic carbocycles. The number of rotatable bonds is 0. The summed E-state index contributed by atoms with van der Waals surface area (Å²) in [6.45, 7) is 0. The second-order valence-corrected chi connectivity index (χ2v) is 0. The molecule has 0 amide bonds. The molecule has 4 heavy (non-hydrogen) atoms. The van der Waals surface area contributed by atoms with E-state index in [2.05, 4.69) is 0 Å². The Morgan fingerprint density at radius 3 is 1.00 bits per heavy atom. The molecule has 0 spiro atoms. The Kier molecular flexibility index (Phi) is 109. The fraction of sp³-hybridized carbons (Fsp3) is 0. The van der Waals surface area contributed by atoms with E-state index in [0.29, 0.717) is 0 Å². The van der Waals surface area contributed by atoms with E-state index in [-0.39, 0.29) is 97.8 Å². The van der Waals surface area contributed by atoms with Gasteiger partial charge < -0.3 is 0 Å². The van der Waals surface area contributed by atoms with Crippen LogP contribution in [0, 0.1) is 0 Å². The quantitative estimate of drug-likeness (QED) is 0.327. The number of hydrogen-bond donors (Lipinski definition) is 0. The van der Waals surface area contributed by atoms with Gasteiger partial charge >= 0.3 is 0 Å². The fourth-order valence-electron chi connectivity index (χ4n) is 0. The topological polar surface area (TPSA) is 0 Å². The largest absolute Gasteiger partial charge is 0 e. The van der Waals surface area contributed by atoms with Crippen molar-refractivity contribution in [2.45, 2.75) is 0 Å². The van der Waals surface area contributed by atoms with Crippen LogP contribution in [0.5, 0.6) is 0 Å². The van der Waals surface area contributed by atoms with Crippen LogP contribution in [0.3, 0.4) is 0 Å². The van der Waals surface area contributed by atoms with Crippen LogP contribution in [0.15, 0.2) is 0 Å². The maximum Gasteiger partial charge on any atom is 0 e. The van der Waals surface area contributed by atoms with Gasteiger partial charge in [-0.15, -0.1) is 0 Å². The molecule has 10 radical (unpaired) electrons. The molecule has 0 heterocycles. The molecule has 0 aliphatic rings. The zero-order chi connectivity index (χ0) is 0. The van der Waals surface area contributed by atoms with Gasteiger partial charge in [-0.1, -0.05) is 0 Å². The molecule has 0 saturated carbocycles. The minimum absolute atomic E-state index is 0. The van der Waals surface area contributed by atoms with Crippen LogP contribution in [-0.4, -0.2) is 75.4 Å². The third-order valence-corrected chi connectivity index (χ3v) is 0. The van der Waals surface area contributed by atoms with Crippen molar-refractivity contribution in [1.29, 1.82) is 0 Å². The molecule has 0 atom stereocenters. The Balaban J connectivity index is 0. The normalized spacial score (nSPS) is 0. The summed E-state index contributed by atoms with van der Waals surface area (Å²) in [4.78, 5) is 0. The first-order chi connectivity index (χ1) is 0. The maximum atomic E-state index is 0. The van der Waals surface area contributed by atoms with E-state index in [1.165, 1.54) is 0 Å². The van der Waals surface area contributed by atoms with E-state index in [1.54, 1.807) is 0 Å². The Hall–Kier alpha value is 3.27. The van der Waals surface area contributed by atoms with Crippen molar-refractivity contribution in [1.82, 2.24) is 0 Å². The van der Waals surface area contributed by atoms with Gasteiger partial charge in [-0.3, -0.25) is 0 Å². The van der Waals surface area contributed by atoms with Crippen LogP contribution in [0.1, 0.15) is 0 Å². The standard InChI is InChI=1S/Ag.Pb.Sb.Te. The molecule has 0 aromatic carbocycles. The first kappa shape index (κ1) is 26.7. The van der Waals surface area contributed by atoms with Crippen molar-refractivity contribution < 1.29 is 22.4 Å². The summed E-state index contributed by atoms with van der Waals surface area (Å²) < 4.78 is 0. The van der Waals surface area contributed by atoms with E-state index in [9.17, 15) is 0 Å². The molecule has 0 aliphatic heterocycles. The second kappa shape index (κ2) is 16.3. The van der Waals surface area contributed by atoms with E-state index < -0.39 is 0 Å². The van der Waals surface area contributed by atoms with Gasteiger partial charge in [0.25, 0.3) is 0 Å². The molecule has 0 unspecified atom stereocenters. The van der Waals surface area contributed by atoms with Gasteiger partial charge in [-0.2, -0.15) is 0 Å². The molecule has 0 fully saturated rings. The third-order valence-electron chi connectivity index (χ3n) is 0. The van der Waals surface area contributed by atoms with Crippen LogP contribution in [0.4, 0.5) is 0 Å². The Morgan fingerprint density at radius 2 is 1.00 bits per heavy atom. The summed E-state index contributed by atoms with van der Waals surface area (Å²) >= 11 is 0. The van der Waals surface area contributed by atoms with E-state index in [1.807, 2.05) is 0 Å². The third kappa shape index (κ3) is 8.99. The Morgan fingerprint density at radius 1 is 1.00 bits per heavy atom. The van der Waals surface area contributed by atoms with Crippen molar-refractivity contribution in [3.63, 3.8) is 0 Å².